The number of ether oxygens (including phenoxy) is 1. The van der Waals surface area contributed by atoms with Crippen molar-refractivity contribution in [3.8, 4) is 0 Å². The van der Waals surface area contributed by atoms with Crippen molar-refractivity contribution in [2.75, 3.05) is 0 Å². The predicted octanol–water partition coefficient (Wildman–Crippen LogP) is 3.26. The van der Waals surface area contributed by atoms with Crippen molar-refractivity contribution in [1.82, 2.24) is 0 Å². The first-order valence-electron chi connectivity index (χ1n) is 6.80. The average molecular weight is 256 g/mol. The van der Waals surface area contributed by atoms with Gasteiger partial charge in [0.05, 0.1) is 15.6 Å². The molecule has 0 bridgehead atoms. The zero-order valence-corrected chi connectivity index (χ0v) is 13.7. The van der Waals surface area contributed by atoms with Crippen LogP contribution in [0.4, 0.5) is 0 Å². The van der Waals surface area contributed by atoms with Crippen LogP contribution in [-0.2, 0) is 9.53 Å². The summed E-state index contributed by atoms with van der Waals surface area (Å²) in [4.78, 5) is 11.9. The van der Waals surface area contributed by atoms with Crippen molar-refractivity contribution < 1.29 is 9.53 Å². The van der Waals surface area contributed by atoms with Gasteiger partial charge in [0.25, 0.3) is 0 Å². The lowest BCUT2D eigenvalue weighted by Gasteiger charge is -2.16. The molecule has 2 nitrogen and oxygen atoms in total. The molecule has 0 aliphatic heterocycles. The SMILES string of the molecule is CCCC[SiH2]C(=C(C)C(=O)OC(C)C)C(C)C. The van der Waals surface area contributed by atoms with Gasteiger partial charge in [-0.25, -0.2) is 4.79 Å². The van der Waals surface area contributed by atoms with E-state index in [1.807, 2.05) is 20.8 Å². The summed E-state index contributed by atoms with van der Waals surface area (Å²) < 4.78 is 5.27. The Morgan fingerprint density at radius 3 is 2.24 bits per heavy atom. The molecule has 0 heterocycles. The maximum Gasteiger partial charge on any atom is 0.333 e. The Balaban J connectivity index is 4.67. The second-order valence-corrected chi connectivity index (χ2v) is 7.19. The molecule has 100 valence electrons. The number of hydrogen-bond acceptors (Lipinski definition) is 2. The van der Waals surface area contributed by atoms with Crippen LogP contribution in [0.5, 0.6) is 0 Å². The monoisotopic (exact) mass is 256 g/mol. The number of carbonyl (C=O) groups is 1. The molecule has 0 saturated heterocycles. The molecule has 0 aromatic rings. The molecule has 0 spiro atoms. The van der Waals surface area contributed by atoms with Gasteiger partial charge < -0.3 is 4.74 Å². The number of carbonyl (C=O) groups excluding carboxylic acids is 1. The quantitative estimate of drug-likeness (QED) is 0.302. The van der Waals surface area contributed by atoms with Crippen LogP contribution in [0.2, 0.25) is 6.04 Å². The average Bonchev–Trinajstić information content (AvgIpc) is 2.22. The van der Waals surface area contributed by atoms with Crippen LogP contribution >= 0.6 is 0 Å². The Morgan fingerprint density at radius 1 is 1.24 bits per heavy atom. The van der Waals surface area contributed by atoms with Gasteiger partial charge >= 0.3 is 5.97 Å². The van der Waals surface area contributed by atoms with Crippen LogP contribution in [0.25, 0.3) is 0 Å². The highest BCUT2D eigenvalue weighted by molar-refractivity contribution is 6.46. The van der Waals surface area contributed by atoms with E-state index < -0.39 is 0 Å². The molecule has 0 amide bonds. The molecule has 0 aliphatic carbocycles. The highest BCUT2D eigenvalue weighted by atomic mass is 28.2. The van der Waals surface area contributed by atoms with Crippen molar-refractivity contribution in [2.45, 2.75) is 66.5 Å². The normalized spacial score (nSPS) is 13.6. The molecule has 3 heteroatoms. The molecule has 0 fully saturated rings. The first kappa shape index (κ1) is 16.4. The Hall–Kier alpha value is -0.573. The summed E-state index contributed by atoms with van der Waals surface area (Å²) in [6.07, 6.45) is 2.51. The van der Waals surface area contributed by atoms with Crippen LogP contribution < -0.4 is 0 Å². The summed E-state index contributed by atoms with van der Waals surface area (Å²) in [7, 11) is -0.279. The molecule has 0 aromatic carbocycles. The van der Waals surface area contributed by atoms with E-state index in [2.05, 4.69) is 20.8 Å². The zero-order valence-electron chi connectivity index (χ0n) is 12.3. The first-order valence-corrected chi connectivity index (χ1v) is 8.51. The van der Waals surface area contributed by atoms with Crippen LogP contribution in [0.15, 0.2) is 10.8 Å². The third-order valence-electron chi connectivity index (χ3n) is 2.88. The standard InChI is InChI=1S/C14H28O2Si/c1-7-8-9-17-13(10(2)3)12(6)14(15)16-11(4)5/h10-11H,7-9,17H2,1-6H3. The molecule has 0 N–H and O–H groups in total. The van der Waals surface area contributed by atoms with Crippen molar-refractivity contribution in [1.29, 1.82) is 0 Å². The van der Waals surface area contributed by atoms with E-state index in [0.29, 0.717) is 5.92 Å². The highest BCUT2D eigenvalue weighted by Crippen LogP contribution is 2.17. The lowest BCUT2D eigenvalue weighted by molar-refractivity contribution is -0.142. The highest BCUT2D eigenvalue weighted by Gasteiger charge is 2.15. The summed E-state index contributed by atoms with van der Waals surface area (Å²) in [5.41, 5.74) is 0.872. The Kier molecular flexibility index (Phi) is 8.22. The summed E-state index contributed by atoms with van der Waals surface area (Å²) >= 11 is 0. The fourth-order valence-electron chi connectivity index (χ4n) is 1.91. The van der Waals surface area contributed by atoms with Gasteiger partial charge in [-0.15, -0.1) is 0 Å². The number of allylic oxidation sites excluding steroid dienone is 1. The molecule has 0 aromatic heterocycles. The minimum Gasteiger partial charge on any atom is -0.460 e. The van der Waals surface area contributed by atoms with Gasteiger partial charge in [0.2, 0.25) is 0 Å². The van der Waals surface area contributed by atoms with Gasteiger partial charge in [0.15, 0.2) is 0 Å². The Morgan fingerprint density at radius 2 is 1.82 bits per heavy atom. The van der Waals surface area contributed by atoms with Crippen molar-refractivity contribution in [3.05, 3.63) is 10.8 Å². The van der Waals surface area contributed by atoms with Crippen LogP contribution in [0.3, 0.4) is 0 Å². The summed E-state index contributed by atoms with van der Waals surface area (Å²) in [5.74, 6) is 0.367. The van der Waals surface area contributed by atoms with E-state index in [4.69, 9.17) is 4.74 Å². The summed E-state index contributed by atoms with van der Waals surface area (Å²) in [6, 6.07) is 1.30. The second kappa shape index (κ2) is 8.51. The predicted molar refractivity (Wildman–Crippen MR) is 77.0 cm³/mol. The molecule has 0 unspecified atom stereocenters. The molecule has 0 aliphatic rings. The molecule has 0 saturated carbocycles. The topological polar surface area (TPSA) is 26.3 Å². The largest absolute Gasteiger partial charge is 0.460 e. The zero-order chi connectivity index (χ0) is 13.4. The van der Waals surface area contributed by atoms with Gasteiger partial charge in [-0.2, -0.15) is 0 Å². The van der Waals surface area contributed by atoms with Crippen molar-refractivity contribution in [2.24, 2.45) is 5.92 Å². The maximum absolute atomic E-state index is 11.9. The van der Waals surface area contributed by atoms with Crippen molar-refractivity contribution in [3.63, 3.8) is 0 Å². The smallest absolute Gasteiger partial charge is 0.333 e. The third-order valence-corrected chi connectivity index (χ3v) is 5.62. The second-order valence-electron chi connectivity index (χ2n) is 5.22. The van der Waals surface area contributed by atoms with E-state index in [1.165, 1.54) is 24.1 Å². The molecule has 0 radical (unpaired) electrons. The minimum absolute atomic E-state index is 0.0248. The van der Waals surface area contributed by atoms with E-state index in [9.17, 15) is 4.79 Å². The summed E-state index contributed by atoms with van der Waals surface area (Å²) in [5, 5.41) is 1.39. The fraction of sp³-hybridized carbons (Fsp3) is 0.786. The van der Waals surface area contributed by atoms with E-state index in [-0.39, 0.29) is 21.6 Å². The van der Waals surface area contributed by atoms with Gasteiger partial charge in [0.1, 0.15) is 0 Å². The van der Waals surface area contributed by atoms with E-state index >= 15 is 0 Å². The third kappa shape index (κ3) is 6.67. The minimum atomic E-state index is -0.279. The van der Waals surface area contributed by atoms with Gasteiger partial charge in [-0.05, 0) is 26.7 Å². The fourth-order valence-corrected chi connectivity index (χ4v) is 4.14. The maximum atomic E-state index is 11.9. The van der Waals surface area contributed by atoms with Gasteiger partial charge in [-0.3, -0.25) is 0 Å². The molecule has 0 rings (SSSR count). The molecule has 17 heavy (non-hydrogen) atoms. The molecular formula is C14H28O2Si. The first-order chi connectivity index (χ1) is 7.90. The van der Waals surface area contributed by atoms with Gasteiger partial charge in [0, 0.05) is 5.57 Å². The van der Waals surface area contributed by atoms with Crippen LogP contribution in [-0.4, -0.2) is 21.6 Å². The molecule has 0 atom stereocenters. The lowest BCUT2D eigenvalue weighted by Crippen LogP contribution is -2.17. The van der Waals surface area contributed by atoms with E-state index in [0.717, 1.165) is 5.57 Å². The Bertz CT molecular complexity index is 267. The van der Waals surface area contributed by atoms with Gasteiger partial charge in [-0.1, -0.05) is 44.9 Å². The number of rotatable bonds is 7. The lowest BCUT2D eigenvalue weighted by atomic mass is 10.1. The molecular weight excluding hydrogens is 228 g/mol. The summed E-state index contributed by atoms with van der Waals surface area (Å²) in [6.45, 7) is 12.3. The Labute approximate surface area is 109 Å². The number of hydrogen-bond donors (Lipinski definition) is 0. The number of esters is 1. The van der Waals surface area contributed by atoms with Crippen molar-refractivity contribution >= 4 is 15.5 Å². The van der Waals surface area contributed by atoms with E-state index in [1.54, 1.807) is 0 Å². The number of unbranched alkanes of at least 4 members (excludes halogenated alkanes) is 1. The van der Waals surface area contributed by atoms with Crippen LogP contribution in [0, 0.1) is 5.92 Å². The van der Waals surface area contributed by atoms with Crippen LogP contribution in [0.1, 0.15) is 54.4 Å².